The predicted octanol–water partition coefficient (Wildman–Crippen LogP) is 1.66. The number of thioether (sulfide) groups is 1. The van der Waals surface area contributed by atoms with Crippen LogP contribution in [-0.2, 0) is 16.1 Å². The zero-order valence-electron chi connectivity index (χ0n) is 15.8. The number of anilines is 1. The van der Waals surface area contributed by atoms with Gasteiger partial charge in [0.05, 0.1) is 12.7 Å². The number of likely N-dealkylation sites (N-methyl/N-ethyl adjacent to an activating group) is 2. The molecule has 27 heavy (non-hydrogen) atoms. The largest absolute Gasteiger partial charge is 0.337 e. The lowest BCUT2D eigenvalue weighted by atomic mass is 10.2. The van der Waals surface area contributed by atoms with Crippen LogP contribution < -0.4 is 10.2 Å². The van der Waals surface area contributed by atoms with Gasteiger partial charge in [-0.2, -0.15) is 0 Å². The Morgan fingerprint density at radius 2 is 1.89 bits per heavy atom. The molecule has 0 spiro atoms. The molecule has 2 N–H and O–H groups in total. The Bertz CT molecular complexity index is 800. The van der Waals surface area contributed by atoms with E-state index in [9.17, 15) is 14.0 Å². The molecule has 0 aliphatic carbocycles. The van der Waals surface area contributed by atoms with Crippen molar-refractivity contribution in [1.29, 1.82) is 0 Å². The zero-order chi connectivity index (χ0) is 19.8. The van der Waals surface area contributed by atoms with Gasteiger partial charge in [0, 0.05) is 18.5 Å². The molecule has 0 radical (unpaired) electrons. The number of rotatable bonds is 8. The predicted molar refractivity (Wildman–Crippen MR) is 106 cm³/mol. The maximum Gasteiger partial charge on any atom is 0.279 e. The second kappa shape index (κ2) is 10.1. The Morgan fingerprint density at radius 3 is 2.59 bits per heavy atom. The molecule has 2 amide bonds. The van der Waals surface area contributed by atoms with E-state index in [1.807, 2.05) is 30.5 Å². The van der Waals surface area contributed by atoms with E-state index in [2.05, 4.69) is 5.32 Å². The number of nitrogens with zero attached hydrogens (tertiary/aromatic N) is 1. The van der Waals surface area contributed by atoms with E-state index in [0.29, 0.717) is 6.54 Å². The Labute approximate surface area is 163 Å². The van der Waals surface area contributed by atoms with Crippen LogP contribution >= 0.6 is 11.8 Å². The van der Waals surface area contributed by atoms with Crippen molar-refractivity contribution in [2.24, 2.45) is 0 Å². The molecule has 0 fully saturated rings. The fraction of sp³-hybridized carbons (Fsp3) is 0.300. The summed E-state index contributed by atoms with van der Waals surface area (Å²) in [6.07, 6.45) is 1.95. The molecule has 1 unspecified atom stereocenters. The number of quaternary nitrogens is 1. The summed E-state index contributed by atoms with van der Waals surface area (Å²) in [5.41, 5.74) is 1.51. The second-order valence-corrected chi connectivity index (χ2v) is 7.29. The van der Waals surface area contributed by atoms with E-state index in [-0.39, 0.29) is 30.7 Å². The molecule has 0 aliphatic heterocycles. The summed E-state index contributed by atoms with van der Waals surface area (Å²) in [6.45, 7) is 0.697. The fourth-order valence-corrected chi connectivity index (χ4v) is 3.22. The highest BCUT2D eigenvalue weighted by Gasteiger charge is 2.18. The van der Waals surface area contributed by atoms with Crippen LogP contribution in [0.15, 0.2) is 53.4 Å². The molecule has 1 atom stereocenters. The highest BCUT2D eigenvalue weighted by atomic mass is 32.2. The van der Waals surface area contributed by atoms with E-state index < -0.39 is 0 Å². The average molecular weight is 391 g/mol. The van der Waals surface area contributed by atoms with E-state index >= 15 is 0 Å². The van der Waals surface area contributed by atoms with Crippen molar-refractivity contribution in [2.45, 2.75) is 11.4 Å². The molecule has 0 aromatic heterocycles. The lowest BCUT2D eigenvalue weighted by Gasteiger charge is -2.20. The first-order chi connectivity index (χ1) is 12.9. The molecule has 144 valence electrons. The Hall–Kier alpha value is -2.38. The SMILES string of the molecule is CSc1ccccc1NC(=O)C[NH+](C)CC(=O)N(C)Cc1cccc(F)c1. The maximum atomic E-state index is 13.3. The van der Waals surface area contributed by atoms with Crippen molar-refractivity contribution in [1.82, 2.24) is 4.90 Å². The van der Waals surface area contributed by atoms with Crippen LogP contribution in [0.2, 0.25) is 0 Å². The van der Waals surface area contributed by atoms with Crippen molar-refractivity contribution in [3.05, 3.63) is 59.9 Å². The quantitative estimate of drug-likeness (QED) is 0.674. The molecule has 0 saturated heterocycles. The highest BCUT2D eigenvalue weighted by Crippen LogP contribution is 2.24. The third kappa shape index (κ3) is 6.69. The lowest BCUT2D eigenvalue weighted by molar-refractivity contribution is -0.862. The first-order valence-electron chi connectivity index (χ1n) is 8.61. The van der Waals surface area contributed by atoms with Gasteiger partial charge in [0.2, 0.25) is 0 Å². The van der Waals surface area contributed by atoms with E-state index in [0.717, 1.165) is 21.0 Å². The normalized spacial score (nSPS) is 11.7. The topological polar surface area (TPSA) is 53.9 Å². The van der Waals surface area contributed by atoms with Crippen LogP contribution in [0.1, 0.15) is 5.56 Å². The number of carbonyl (C=O) groups is 2. The third-order valence-corrected chi connectivity index (χ3v) is 4.83. The summed E-state index contributed by atoms with van der Waals surface area (Å²) < 4.78 is 13.3. The molecule has 0 heterocycles. The van der Waals surface area contributed by atoms with Gasteiger partial charge in [-0.15, -0.1) is 11.8 Å². The number of hydrogen-bond donors (Lipinski definition) is 2. The molecule has 0 saturated carbocycles. The first kappa shape index (κ1) is 20.9. The summed E-state index contributed by atoms with van der Waals surface area (Å²) in [7, 11) is 3.48. The number of carbonyl (C=O) groups excluding carboxylic acids is 2. The minimum Gasteiger partial charge on any atom is -0.337 e. The molecular formula is C20H25FN3O2S+. The van der Waals surface area contributed by atoms with E-state index in [1.54, 1.807) is 42.9 Å². The van der Waals surface area contributed by atoms with Crippen LogP contribution in [0.4, 0.5) is 10.1 Å². The molecule has 2 rings (SSSR count). The molecular weight excluding hydrogens is 365 g/mol. The van der Waals surface area contributed by atoms with Gasteiger partial charge in [-0.3, -0.25) is 9.59 Å². The number of halogens is 1. The van der Waals surface area contributed by atoms with Crippen LogP contribution in [0, 0.1) is 5.82 Å². The number of hydrogen-bond acceptors (Lipinski definition) is 3. The fourth-order valence-electron chi connectivity index (χ4n) is 2.67. The average Bonchev–Trinajstić information content (AvgIpc) is 2.61. The van der Waals surface area contributed by atoms with Crippen molar-refractivity contribution in [3.63, 3.8) is 0 Å². The Morgan fingerprint density at radius 1 is 1.15 bits per heavy atom. The van der Waals surface area contributed by atoms with Crippen LogP contribution in [0.25, 0.3) is 0 Å². The smallest absolute Gasteiger partial charge is 0.279 e. The van der Waals surface area contributed by atoms with Crippen LogP contribution in [-0.4, -0.2) is 50.2 Å². The van der Waals surface area contributed by atoms with Crippen LogP contribution in [0.5, 0.6) is 0 Å². The van der Waals surface area contributed by atoms with Crippen molar-refractivity contribution in [2.75, 3.05) is 38.8 Å². The molecule has 7 heteroatoms. The number of nitrogens with one attached hydrogen (secondary N) is 2. The monoisotopic (exact) mass is 390 g/mol. The zero-order valence-corrected chi connectivity index (χ0v) is 16.6. The second-order valence-electron chi connectivity index (χ2n) is 6.44. The van der Waals surface area contributed by atoms with E-state index in [4.69, 9.17) is 0 Å². The van der Waals surface area contributed by atoms with Crippen molar-refractivity contribution >= 4 is 29.3 Å². The molecule has 2 aromatic carbocycles. The summed E-state index contributed by atoms with van der Waals surface area (Å²) in [5, 5.41) is 2.89. The Balaban J connectivity index is 1.84. The van der Waals surface area contributed by atoms with Gasteiger partial charge >= 0.3 is 0 Å². The number of para-hydroxylation sites is 1. The number of amides is 2. The molecule has 0 bridgehead atoms. The van der Waals surface area contributed by atoms with Gasteiger partial charge in [-0.25, -0.2) is 4.39 Å². The van der Waals surface area contributed by atoms with Crippen molar-refractivity contribution < 1.29 is 18.9 Å². The summed E-state index contributed by atoms with van der Waals surface area (Å²) in [5.74, 6) is -0.568. The Kier molecular flexibility index (Phi) is 7.82. The van der Waals surface area contributed by atoms with Gasteiger partial charge in [0.25, 0.3) is 11.8 Å². The molecule has 0 aliphatic rings. The standard InChI is InChI=1S/C20H24FN3O2S/c1-23(13-19(25)22-17-9-4-5-10-18(17)27-3)14-20(26)24(2)12-15-7-6-8-16(21)11-15/h4-11H,12-14H2,1-3H3,(H,22,25)/p+1. The van der Waals surface area contributed by atoms with Gasteiger partial charge in [0.15, 0.2) is 13.1 Å². The minimum absolute atomic E-state index is 0.103. The van der Waals surface area contributed by atoms with Crippen LogP contribution in [0.3, 0.4) is 0 Å². The summed E-state index contributed by atoms with van der Waals surface area (Å²) >= 11 is 1.56. The van der Waals surface area contributed by atoms with Gasteiger partial charge in [-0.05, 0) is 36.1 Å². The first-order valence-corrected chi connectivity index (χ1v) is 9.84. The van der Waals surface area contributed by atoms with Gasteiger partial charge < -0.3 is 15.1 Å². The third-order valence-electron chi connectivity index (χ3n) is 4.03. The summed E-state index contributed by atoms with van der Waals surface area (Å²) in [4.78, 5) is 27.9. The summed E-state index contributed by atoms with van der Waals surface area (Å²) in [6, 6.07) is 13.8. The minimum atomic E-state index is -0.321. The molecule has 5 nitrogen and oxygen atoms in total. The number of benzene rings is 2. The van der Waals surface area contributed by atoms with E-state index in [1.165, 1.54) is 12.1 Å². The maximum absolute atomic E-state index is 13.3. The molecule has 2 aromatic rings. The van der Waals surface area contributed by atoms with Gasteiger partial charge in [-0.1, -0.05) is 24.3 Å². The highest BCUT2D eigenvalue weighted by molar-refractivity contribution is 7.98. The van der Waals surface area contributed by atoms with Gasteiger partial charge in [0.1, 0.15) is 5.82 Å². The lowest BCUT2D eigenvalue weighted by Crippen LogP contribution is -3.11. The van der Waals surface area contributed by atoms with Crippen molar-refractivity contribution in [3.8, 4) is 0 Å².